The molecule has 6 heteroatoms. The highest BCUT2D eigenvalue weighted by Gasteiger charge is 2.16. The van der Waals surface area contributed by atoms with Crippen LogP contribution in [0.4, 0.5) is 4.39 Å². The Morgan fingerprint density at radius 3 is 2.70 bits per heavy atom. The topological polar surface area (TPSA) is 76.5 Å². The molecule has 0 amide bonds. The van der Waals surface area contributed by atoms with Crippen LogP contribution in [0.3, 0.4) is 0 Å². The Hall–Kier alpha value is -2.76. The minimum Gasteiger partial charge on any atom is -0.476 e. The van der Waals surface area contributed by atoms with Crippen molar-refractivity contribution in [3.05, 3.63) is 53.6 Å². The number of halogens is 1. The molecule has 0 atom stereocenters. The average Bonchev–Trinajstić information content (AvgIpc) is 2.45. The van der Waals surface area contributed by atoms with Gasteiger partial charge in [-0.05, 0) is 29.8 Å². The van der Waals surface area contributed by atoms with E-state index in [0.29, 0.717) is 0 Å². The molecule has 0 aliphatic heterocycles. The van der Waals surface area contributed by atoms with E-state index in [1.54, 1.807) is 0 Å². The fraction of sp³-hybridized carbons (Fsp3) is 0.0714. The van der Waals surface area contributed by atoms with Gasteiger partial charge in [-0.2, -0.15) is 0 Å². The maximum Gasteiger partial charge on any atom is 0.355 e. The van der Waals surface area contributed by atoms with E-state index in [1.807, 2.05) is 0 Å². The number of carboxylic acid groups (broad SMARTS) is 1. The van der Waals surface area contributed by atoms with Crippen molar-refractivity contribution >= 4 is 11.9 Å². The third kappa shape index (κ3) is 2.64. The lowest BCUT2D eigenvalue weighted by Crippen LogP contribution is -2.05. The molecule has 0 spiro atoms. The van der Waals surface area contributed by atoms with Crippen molar-refractivity contribution < 1.29 is 23.8 Å². The maximum absolute atomic E-state index is 13.6. The summed E-state index contributed by atoms with van der Waals surface area (Å²) in [5, 5.41) is 9.07. The summed E-state index contributed by atoms with van der Waals surface area (Å²) < 4.78 is 18.1. The zero-order valence-electron chi connectivity index (χ0n) is 10.5. The molecule has 1 N–H and O–H groups in total. The molecule has 0 bridgehead atoms. The van der Waals surface area contributed by atoms with E-state index < -0.39 is 17.8 Å². The van der Waals surface area contributed by atoms with Crippen LogP contribution in [-0.2, 0) is 4.74 Å². The highest BCUT2D eigenvalue weighted by molar-refractivity contribution is 5.96. The van der Waals surface area contributed by atoms with Gasteiger partial charge < -0.3 is 9.84 Å². The van der Waals surface area contributed by atoms with Crippen molar-refractivity contribution in [1.29, 1.82) is 0 Å². The van der Waals surface area contributed by atoms with Crippen LogP contribution < -0.4 is 0 Å². The predicted molar refractivity (Wildman–Crippen MR) is 67.9 cm³/mol. The number of nitrogens with zero attached hydrogens (tertiary/aromatic N) is 1. The second-order valence-electron chi connectivity index (χ2n) is 3.92. The molecular formula is C14H10FNO4. The first-order valence-electron chi connectivity index (χ1n) is 5.60. The van der Waals surface area contributed by atoms with Crippen molar-refractivity contribution in [3.63, 3.8) is 0 Å². The molecule has 20 heavy (non-hydrogen) atoms. The highest BCUT2D eigenvalue weighted by Crippen LogP contribution is 2.25. The van der Waals surface area contributed by atoms with Crippen molar-refractivity contribution in [2.24, 2.45) is 0 Å². The van der Waals surface area contributed by atoms with E-state index in [9.17, 15) is 14.0 Å². The largest absolute Gasteiger partial charge is 0.476 e. The Labute approximate surface area is 113 Å². The number of esters is 1. The van der Waals surface area contributed by atoms with E-state index in [4.69, 9.17) is 5.11 Å². The van der Waals surface area contributed by atoms with Crippen LogP contribution in [-0.4, -0.2) is 29.1 Å². The molecule has 0 aliphatic carbocycles. The summed E-state index contributed by atoms with van der Waals surface area (Å²) in [5.41, 5.74) is 0.261. The minimum absolute atomic E-state index is 0.00249. The third-order valence-electron chi connectivity index (χ3n) is 2.64. The van der Waals surface area contributed by atoms with Crippen LogP contribution in [0.15, 0.2) is 36.5 Å². The molecular weight excluding hydrogens is 265 g/mol. The molecule has 0 aliphatic rings. The lowest BCUT2D eigenvalue weighted by Gasteiger charge is -2.07. The monoisotopic (exact) mass is 275 g/mol. The Kier molecular flexibility index (Phi) is 3.74. The molecule has 0 unspecified atom stereocenters. The Bertz CT molecular complexity index is 685. The number of methoxy groups -OCH3 is 1. The van der Waals surface area contributed by atoms with Gasteiger partial charge in [-0.25, -0.2) is 19.0 Å². The number of aromatic nitrogens is 1. The highest BCUT2D eigenvalue weighted by atomic mass is 19.1. The summed E-state index contributed by atoms with van der Waals surface area (Å²) in [6.07, 6.45) is 1.33. The first kappa shape index (κ1) is 13.7. The Morgan fingerprint density at radius 2 is 2.05 bits per heavy atom. The number of rotatable bonds is 3. The molecule has 0 saturated heterocycles. The van der Waals surface area contributed by atoms with Crippen molar-refractivity contribution in [2.75, 3.05) is 7.11 Å². The van der Waals surface area contributed by atoms with Crippen LogP contribution in [0, 0.1) is 5.82 Å². The smallest absolute Gasteiger partial charge is 0.355 e. The molecule has 2 rings (SSSR count). The van der Waals surface area contributed by atoms with E-state index in [0.717, 1.165) is 12.1 Å². The van der Waals surface area contributed by atoms with Gasteiger partial charge in [0, 0.05) is 11.8 Å². The molecule has 1 aromatic heterocycles. The number of pyridine rings is 1. The number of carboxylic acids is 1. The first-order valence-corrected chi connectivity index (χ1v) is 5.60. The quantitative estimate of drug-likeness (QED) is 0.870. The van der Waals surface area contributed by atoms with Gasteiger partial charge >= 0.3 is 11.9 Å². The molecule has 0 radical (unpaired) electrons. The Balaban J connectivity index is 2.61. The first-order chi connectivity index (χ1) is 9.52. The number of hydrogen-bond acceptors (Lipinski definition) is 4. The van der Waals surface area contributed by atoms with Gasteiger partial charge in [-0.15, -0.1) is 0 Å². The number of carbonyl (C=O) groups is 2. The summed E-state index contributed by atoms with van der Waals surface area (Å²) in [6.45, 7) is 0. The molecule has 0 fully saturated rings. The van der Waals surface area contributed by atoms with Crippen LogP contribution in [0.5, 0.6) is 0 Å². The maximum atomic E-state index is 13.6. The SMILES string of the molecule is COC(=O)c1cc(F)cc(-c2cccnc2C(=O)O)c1. The second-order valence-corrected chi connectivity index (χ2v) is 3.92. The number of carbonyl (C=O) groups excluding carboxylic acids is 1. The second kappa shape index (κ2) is 5.48. The zero-order valence-corrected chi connectivity index (χ0v) is 10.5. The summed E-state index contributed by atoms with van der Waals surface area (Å²) in [4.78, 5) is 26.3. The lowest BCUT2D eigenvalue weighted by atomic mass is 10.0. The van der Waals surface area contributed by atoms with Gasteiger partial charge in [-0.3, -0.25) is 0 Å². The van der Waals surface area contributed by atoms with Crippen LogP contribution >= 0.6 is 0 Å². The van der Waals surface area contributed by atoms with Crippen LogP contribution in [0.2, 0.25) is 0 Å². The molecule has 2 aromatic rings. The van der Waals surface area contributed by atoms with Gasteiger partial charge in [0.2, 0.25) is 0 Å². The van der Waals surface area contributed by atoms with E-state index in [-0.39, 0.29) is 22.4 Å². The fourth-order valence-corrected chi connectivity index (χ4v) is 1.79. The van der Waals surface area contributed by atoms with E-state index in [2.05, 4.69) is 9.72 Å². The third-order valence-corrected chi connectivity index (χ3v) is 2.64. The van der Waals surface area contributed by atoms with E-state index >= 15 is 0 Å². The normalized spacial score (nSPS) is 10.1. The van der Waals surface area contributed by atoms with Crippen LogP contribution in [0.25, 0.3) is 11.1 Å². The van der Waals surface area contributed by atoms with Gasteiger partial charge in [0.1, 0.15) is 5.82 Å². The van der Waals surface area contributed by atoms with Crippen LogP contribution in [0.1, 0.15) is 20.8 Å². The predicted octanol–water partition coefficient (Wildman–Crippen LogP) is 2.37. The summed E-state index contributed by atoms with van der Waals surface area (Å²) in [5.74, 6) is -2.60. The number of ether oxygens (including phenoxy) is 1. The summed E-state index contributed by atoms with van der Waals surface area (Å²) in [7, 11) is 1.18. The number of aromatic carboxylic acids is 1. The molecule has 1 aromatic carbocycles. The molecule has 1 heterocycles. The minimum atomic E-state index is -1.23. The van der Waals surface area contributed by atoms with E-state index in [1.165, 1.54) is 31.5 Å². The fourth-order valence-electron chi connectivity index (χ4n) is 1.79. The standard InChI is InChI=1S/C14H10FNO4/c1-20-14(19)9-5-8(6-10(15)7-9)11-3-2-4-16-12(11)13(17)18/h2-7H,1H3,(H,17,18). The number of hydrogen-bond donors (Lipinski definition) is 1. The molecule has 5 nitrogen and oxygen atoms in total. The van der Waals surface area contributed by atoms with Gasteiger partial charge in [0.05, 0.1) is 12.7 Å². The summed E-state index contributed by atoms with van der Waals surface area (Å²) in [6, 6.07) is 6.54. The zero-order chi connectivity index (χ0) is 14.7. The number of benzene rings is 1. The van der Waals surface area contributed by atoms with Crippen molar-refractivity contribution in [2.45, 2.75) is 0 Å². The van der Waals surface area contributed by atoms with Gasteiger partial charge in [0.15, 0.2) is 5.69 Å². The lowest BCUT2D eigenvalue weighted by molar-refractivity contribution is 0.0599. The van der Waals surface area contributed by atoms with Crippen molar-refractivity contribution in [3.8, 4) is 11.1 Å². The van der Waals surface area contributed by atoms with Gasteiger partial charge in [-0.1, -0.05) is 6.07 Å². The average molecular weight is 275 g/mol. The molecule has 0 saturated carbocycles. The molecule has 102 valence electrons. The van der Waals surface area contributed by atoms with Crippen molar-refractivity contribution in [1.82, 2.24) is 4.98 Å². The Morgan fingerprint density at radius 1 is 1.30 bits per heavy atom. The van der Waals surface area contributed by atoms with Gasteiger partial charge in [0.25, 0.3) is 0 Å². The summed E-state index contributed by atoms with van der Waals surface area (Å²) >= 11 is 0.